The fraction of sp³-hybridized carbons (Fsp3) is 0.375. The number of nitrogens with zero attached hydrogens (tertiary/aromatic N) is 3. The van der Waals surface area contributed by atoms with Gasteiger partial charge in [0.15, 0.2) is 0 Å². The molecule has 1 fully saturated rings. The molecule has 1 saturated carbocycles. The van der Waals surface area contributed by atoms with Crippen molar-refractivity contribution in [1.29, 1.82) is 0 Å². The molecule has 0 aliphatic heterocycles. The van der Waals surface area contributed by atoms with E-state index in [0.29, 0.717) is 5.92 Å². The lowest BCUT2D eigenvalue weighted by Crippen LogP contribution is -2.16. The van der Waals surface area contributed by atoms with Crippen LogP contribution in [0.1, 0.15) is 30.1 Å². The lowest BCUT2D eigenvalue weighted by molar-refractivity contribution is 0.906. The maximum absolute atomic E-state index is 4.79. The van der Waals surface area contributed by atoms with Gasteiger partial charge in [-0.1, -0.05) is 18.2 Å². The van der Waals surface area contributed by atoms with Gasteiger partial charge < -0.3 is 10.2 Å². The minimum Gasteiger partial charge on any atom is -0.373 e. The zero-order valence-electron chi connectivity index (χ0n) is 12.2. The van der Waals surface area contributed by atoms with Crippen molar-refractivity contribution in [2.24, 2.45) is 0 Å². The van der Waals surface area contributed by atoms with Crippen LogP contribution in [0, 0.1) is 6.92 Å². The van der Waals surface area contributed by atoms with Crippen LogP contribution in [-0.4, -0.2) is 24.1 Å². The number of aromatic nitrogens is 2. The lowest BCUT2D eigenvalue weighted by Gasteiger charge is -2.22. The van der Waals surface area contributed by atoms with Gasteiger partial charge >= 0.3 is 0 Å². The minimum atomic E-state index is 0.547. The standard InChI is InChI=1S/C16H20N4/c1-11-14(17-2)18-15(12-9-10-12)19-16(11)20(3)13-7-5-4-6-8-13/h4-8,12H,9-10H2,1-3H3,(H,17,18,19). The summed E-state index contributed by atoms with van der Waals surface area (Å²) in [5.41, 5.74) is 2.22. The number of anilines is 3. The average molecular weight is 268 g/mol. The second kappa shape index (κ2) is 5.12. The van der Waals surface area contributed by atoms with Gasteiger partial charge in [0.2, 0.25) is 0 Å². The Morgan fingerprint density at radius 1 is 1.15 bits per heavy atom. The Morgan fingerprint density at radius 2 is 1.85 bits per heavy atom. The van der Waals surface area contributed by atoms with Gasteiger partial charge in [-0.3, -0.25) is 0 Å². The van der Waals surface area contributed by atoms with Gasteiger partial charge in [0.05, 0.1) is 0 Å². The fourth-order valence-corrected chi connectivity index (χ4v) is 2.39. The van der Waals surface area contributed by atoms with Crippen LogP contribution in [0.15, 0.2) is 30.3 Å². The number of rotatable bonds is 4. The summed E-state index contributed by atoms with van der Waals surface area (Å²) in [6.45, 7) is 2.07. The molecule has 20 heavy (non-hydrogen) atoms. The summed E-state index contributed by atoms with van der Waals surface area (Å²) in [6.07, 6.45) is 2.42. The van der Waals surface area contributed by atoms with Crippen LogP contribution < -0.4 is 10.2 Å². The Labute approximate surface area is 119 Å². The van der Waals surface area contributed by atoms with E-state index in [4.69, 9.17) is 4.98 Å². The van der Waals surface area contributed by atoms with E-state index in [9.17, 15) is 0 Å². The molecule has 2 aromatic rings. The predicted molar refractivity (Wildman–Crippen MR) is 82.8 cm³/mol. The third-order valence-corrected chi connectivity index (χ3v) is 3.78. The third kappa shape index (κ3) is 2.33. The average Bonchev–Trinajstić information content (AvgIpc) is 3.32. The molecule has 3 rings (SSSR count). The van der Waals surface area contributed by atoms with Crippen LogP contribution >= 0.6 is 0 Å². The molecule has 0 saturated heterocycles. The Hall–Kier alpha value is -2.10. The number of para-hydroxylation sites is 1. The number of nitrogens with one attached hydrogen (secondary N) is 1. The van der Waals surface area contributed by atoms with Crippen molar-refractivity contribution in [3.63, 3.8) is 0 Å². The molecule has 104 valence electrons. The second-order valence-corrected chi connectivity index (χ2v) is 5.30. The lowest BCUT2D eigenvalue weighted by atomic mass is 10.2. The smallest absolute Gasteiger partial charge is 0.141 e. The normalized spacial score (nSPS) is 14.2. The zero-order valence-corrected chi connectivity index (χ0v) is 12.2. The van der Waals surface area contributed by atoms with Crippen molar-refractivity contribution < 1.29 is 0 Å². The molecule has 1 heterocycles. The first kappa shape index (κ1) is 12.9. The highest BCUT2D eigenvalue weighted by atomic mass is 15.2. The molecule has 0 bridgehead atoms. The third-order valence-electron chi connectivity index (χ3n) is 3.78. The molecule has 0 amide bonds. The monoisotopic (exact) mass is 268 g/mol. The molecule has 0 unspecified atom stereocenters. The van der Waals surface area contributed by atoms with Crippen molar-refractivity contribution in [3.8, 4) is 0 Å². The van der Waals surface area contributed by atoms with Crippen molar-refractivity contribution >= 4 is 17.3 Å². The predicted octanol–water partition coefficient (Wildman–Crippen LogP) is 3.47. The van der Waals surface area contributed by atoms with E-state index >= 15 is 0 Å². The molecule has 1 aromatic carbocycles. The molecule has 1 aromatic heterocycles. The molecule has 0 radical (unpaired) electrons. The maximum atomic E-state index is 4.79. The van der Waals surface area contributed by atoms with Crippen LogP contribution in [0.3, 0.4) is 0 Å². The summed E-state index contributed by atoms with van der Waals surface area (Å²) in [4.78, 5) is 11.6. The Morgan fingerprint density at radius 3 is 2.45 bits per heavy atom. The van der Waals surface area contributed by atoms with Crippen molar-refractivity contribution in [1.82, 2.24) is 9.97 Å². The molecular weight excluding hydrogens is 248 g/mol. The van der Waals surface area contributed by atoms with Gasteiger partial charge in [0.25, 0.3) is 0 Å². The highest BCUT2D eigenvalue weighted by Crippen LogP contribution is 2.40. The Balaban J connectivity index is 2.05. The minimum absolute atomic E-state index is 0.547. The first-order chi connectivity index (χ1) is 9.70. The van der Waals surface area contributed by atoms with Gasteiger partial charge in [0.1, 0.15) is 17.5 Å². The van der Waals surface area contributed by atoms with Crippen molar-refractivity contribution in [2.75, 3.05) is 24.3 Å². The highest BCUT2D eigenvalue weighted by Gasteiger charge is 2.28. The fourth-order valence-electron chi connectivity index (χ4n) is 2.39. The molecule has 1 N–H and O–H groups in total. The van der Waals surface area contributed by atoms with Crippen LogP contribution in [0.4, 0.5) is 17.3 Å². The molecule has 1 aliphatic rings. The molecule has 4 heteroatoms. The Bertz CT molecular complexity index is 605. The number of benzene rings is 1. The topological polar surface area (TPSA) is 41.1 Å². The first-order valence-corrected chi connectivity index (χ1v) is 7.05. The van der Waals surface area contributed by atoms with Crippen LogP contribution in [0.5, 0.6) is 0 Å². The zero-order chi connectivity index (χ0) is 14.1. The summed E-state index contributed by atoms with van der Waals surface area (Å²) < 4.78 is 0. The van der Waals surface area contributed by atoms with Gasteiger partial charge in [-0.05, 0) is 31.9 Å². The SMILES string of the molecule is CNc1nc(C2CC2)nc(N(C)c2ccccc2)c1C. The van der Waals surface area contributed by atoms with E-state index < -0.39 is 0 Å². The largest absolute Gasteiger partial charge is 0.373 e. The number of hydrogen-bond acceptors (Lipinski definition) is 4. The number of hydrogen-bond donors (Lipinski definition) is 1. The van der Waals surface area contributed by atoms with E-state index in [-0.39, 0.29) is 0 Å². The molecule has 0 atom stereocenters. The van der Waals surface area contributed by atoms with Gasteiger partial charge in [-0.25, -0.2) is 9.97 Å². The van der Waals surface area contributed by atoms with Crippen molar-refractivity contribution in [2.45, 2.75) is 25.7 Å². The van der Waals surface area contributed by atoms with E-state index in [1.54, 1.807) is 0 Å². The van der Waals surface area contributed by atoms with E-state index in [1.165, 1.54) is 12.8 Å². The second-order valence-electron chi connectivity index (χ2n) is 5.30. The summed E-state index contributed by atoms with van der Waals surface area (Å²) >= 11 is 0. The maximum Gasteiger partial charge on any atom is 0.141 e. The van der Waals surface area contributed by atoms with Crippen LogP contribution in [-0.2, 0) is 0 Å². The van der Waals surface area contributed by atoms with Crippen LogP contribution in [0.25, 0.3) is 0 Å². The van der Waals surface area contributed by atoms with E-state index in [1.807, 2.05) is 25.2 Å². The van der Waals surface area contributed by atoms with E-state index in [0.717, 1.165) is 28.7 Å². The molecule has 0 spiro atoms. The summed E-state index contributed by atoms with van der Waals surface area (Å²) in [5.74, 6) is 3.43. The Kier molecular flexibility index (Phi) is 3.30. The van der Waals surface area contributed by atoms with Gasteiger partial charge in [-0.2, -0.15) is 0 Å². The summed E-state index contributed by atoms with van der Waals surface area (Å²) in [5, 5.41) is 3.19. The van der Waals surface area contributed by atoms with Gasteiger partial charge in [0, 0.05) is 31.3 Å². The molecular formula is C16H20N4. The highest BCUT2D eigenvalue weighted by molar-refractivity contribution is 5.66. The summed E-state index contributed by atoms with van der Waals surface area (Å²) in [7, 11) is 3.97. The first-order valence-electron chi connectivity index (χ1n) is 7.05. The van der Waals surface area contributed by atoms with Gasteiger partial charge in [-0.15, -0.1) is 0 Å². The van der Waals surface area contributed by atoms with Crippen molar-refractivity contribution in [3.05, 3.63) is 41.7 Å². The molecule has 1 aliphatic carbocycles. The van der Waals surface area contributed by atoms with E-state index in [2.05, 4.69) is 41.3 Å². The van der Waals surface area contributed by atoms with Crippen LogP contribution in [0.2, 0.25) is 0 Å². The summed E-state index contributed by atoms with van der Waals surface area (Å²) in [6, 6.07) is 10.3. The quantitative estimate of drug-likeness (QED) is 0.921. The molecule has 4 nitrogen and oxygen atoms in total.